The van der Waals surface area contributed by atoms with Crippen molar-refractivity contribution in [3.05, 3.63) is 23.7 Å². The highest BCUT2D eigenvalue weighted by molar-refractivity contribution is 5.12. The van der Waals surface area contributed by atoms with Crippen molar-refractivity contribution in [2.75, 3.05) is 7.05 Å². The van der Waals surface area contributed by atoms with E-state index < -0.39 is 0 Å². The third-order valence-electron chi connectivity index (χ3n) is 4.60. The number of aryl methyl sites for hydroxylation is 1. The molecule has 1 heterocycles. The zero-order valence-electron chi connectivity index (χ0n) is 10.2. The van der Waals surface area contributed by atoms with Crippen LogP contribution in [0.1, 0.15) is 43.2 Å². The number of rotatable bonds is 3. The van der Waals surface area contributed by atoms with Gasteiger partial charge in [0.05, 0.1) is 6.04 Å². The molecule has 0 saturated heterocycles. The third-order valence-corrected chi connectivity index (χ3v) is 4.60. The van der Waals surface area contributed by atoms with Gasteiger partial charge in [-0.15, -0.1) is 0 Å². The van der Waals surface area contributed by atoms with Gasteiger partial charge in [0.2, 0.25) is 0 Å². The zero-order chi connectivity index (χ0) is 11.1. The molecule has 1 aromatic rings. The smallest absolute Gasteiger partial charge is 0.121 e. The van der Waals surface area contributed by atoms with Gasteiger partial charge in [-0.3, -0.25) is 0 Å². The van der Waals surface area contributed by atoms with E-state index in [1.165, 1.54) is 25.7 Å². The molecular weight excluding hydrogens is 198 g/mol. The summed E-state index contributed by atoms with van der Waals surface area (Å²) in [5, 5.41) is 3.46. The van der Waals surface area contributed by atoms with Gasteiger partial charge in [0.25, 0.3) is 0 Å². The summed E-state index contributed by atoms with van der Waals surface area (Å²) in [5.74, 6) is 4.90. The number of hydrogen-bond acceptors (Lipinski definition) is 2. The van der Waals surface area contributed by atoms with Crippen LogP contribution in [0, 0.1) is 24.7 Å². The summed E-state index contributed by atoms with van der Waals surface area (Å²) in [7, 11) is 2.06. The third kappa shape index (κ3) is 1.60. The molecule has 3 rings (SSSR count). The molecule has 2 aliphatic carbocycles. The average molecular weight is 219 g/mol. The average Bonchev–Trinajstić information content (AvgIpc) is 2.96. The van der Waals surface area contributed by atoms with Crippen LogP contribution in [-0.4, -0.2) is 7.05 Å². The molecule has 1 N–H and O–H groups in total. The Balaban J connectivity index is 1.81. The molecule has 2 heteroatoms. The predicted molar refractivity (Wildman–Crippen MR) is 64.2 cm³/mol. The Hall–Kier alpha value is -0.760. The molecule has 0 radical (unpaired) electrons. The lowest BCUT2D eigenvalue weighted by molar-refractivity contribution is 0.233. The molecule has 0 aromatic carbocycles. The van der Waals surface area contributed by atoms with E-state index in [0.717, 1.165) is 29.3 Å². The van der Waals surface area contributed by atoms with Crippen LogP contribution in [0.15, 0.2) is 16.5 Å². The maximum atomic E-state index is 5.79. The van der Waals surface area contributed by atoms with Gasteiger partial charge in [0.15, 0.2) is 0 Å². The quantitative estimate of drug-likeness (QED) is 0.844. The van der Waals surface area contributed by atoms with Crippen molar-refractivity contribution in [1.82, 2.24) is 5.32 Å². The van der Waals surface area contributed by atoms with Crippen molar-refractivity contribution in [2.45, 2.75) is 38.6 Å². The van der Waals surface area contributed by atoms with Crippen molar-refractivity contribution in [1.29, 1.82) is 0 Å². The van der Waals surface area contributed by atoms with Crippen LogP contribution in [0.25, 0.3) is 0 Å². The Bertz CT molecular complexity index is 371. The van der Waals surface area contributed by atoms with E-state index >= 15 is 0 Å². The van der Waals surface area contributed by atoms with E-state index in [4.69, 9.17) is 4.42 Å². The number of hydrogen-bond donors (Lipinski definition) is 1. The second-order valence-electron chi connectivity index (χ2n) is 5.55. The van der Waals surface area contributed by atoms with Gasteiger partial charge < -0.3 is 9.73 Å². The molecule has 2 aliphatic rings. The summed E-state index contributed by atoms with van der Waals surface area (Å²) in [5.41, 5.74) is 0. The molecule has 2 bridgehead atoms. The molecule has 88 valence electrons. The monoisotopic (exact) mass is 219 g/mol. The van der Waals surface area contributed by atoms with Crippen LogP contribution in [-0.2, 0) is 0 Å². The van der Waals surface area contributed by atoms with Crippen LogP contribution >= 0.6 is 0 Å². The Labute approximate surface area is 97.4 Å². The summed E-state index contributed by atoms with van der Waals surface area (Å²) in [4.78, 5) is 0. The molecule has 1 aromatic heterocycles. The lowest BCUT2D eigenvalue weighted by Gasteiger charge is -2.28. The van der Waals surface area contributed by atoms with E-state index in [0.29, 0.717) is 6.04 Å². The molecule has 4 unspecified atom stereocenters. The minimum absolute atomic E-state index is 0.434. The zero-order valence-corrected chi connectivity index (χ0v) is 10.2. The number of fused-ring (bicyclic) bond motifs is 2. The predicted octanol–water partition coefficient (Wildman–Crippen LogP) is 3.28. The lowest BCUT2D eigenvalue weighted by Crippen LogP contribution is -2.28. The first kappa shape index (κ1) is 10.4. The first-order valence-corrected chi connectivity index (χ1v) is 6.51. The number of nitrogens with one attached hydrogen (secondary N) is 1. The van der Waals surface area contributed by atoms with Crippen molar-refractivity contribution in [3.63, 3.8) is 0 Å². The van der Waals surface area contributed by atoms with E-state index in [1.54, 1.807) is 0 Å². The summed E-state index contributed by atoms with van der Waals surface area (Å²) in [6, 6.07) is 4.65. The maximum Gasteiger partial charge on any atom is 0.121 e. The standard InChI is InChI=1S/C14H21NO/c1-9-3-6-13(16-9)14(15-2)12-8-10-4-5-11(12)7-10/h3,6,10-12,14-15H,4-5,7-8H2,1-2H3. The Morgan fingerprint density at radius 2 is 2.19 bits per heavy atom. The molecule has 16 heavy (non-hydrogen) atoms. The highest BCUT2D eigenvalue weighted by Crippen LogP contribution is 2.52. The Morgan fingerprint density at radius 3 is 2.69 bits per heavy atom. The van der Waals surface area contributed by atoms with Gasteiger partial charge in [-0.1, -0.05) is 6.42 Å². The topological polar surface area (TPSA) is 25.2 Å². The maximum absolute atomic E-state index is 5.79. The lowest BCUT2D eigenvalue weighted by atomic mass is 9.82. The summed E-state index contributed by atoms with van der Waals surface area (Å²) in [6.07, 6.45) is 5.76. The van der Waals surface area contributed by atoms with Gasteiger partial charge in [-0.25, -0.2) is 0 Å². The van der Waals surface area contributed by atoms with Gasteiger partial charge in [0, 0.05) is 0 Å². The second-order valence-corrected chi connectivity index (χ2v) is 5.55. The number of furan rings is 1. The van der Waals surface area contributed by atoms with Gasteiger partial charge in [-0.2, -0.15) is 0 Å². The minimum Gasteiger partial charge on any atom is -0.465 e. The molecule has 0 spiro atoms. The summed E-state index contributed by atoms with van der Waals surface area (Å²) < 4.78 is 5.79. The fourth-order valence-electron chi connectivity index (χ4n) is 3.89. The summed E-state index contributed by atoms with van der Waals surface area (Å²) in [6.45, 7) is 2.02. The molecular formula is C14H21NO. The van der Waals surface area contributed by atoms with Gasteiger partial charge in [0.1, 0.15) is 11.5 Å². The molecule has 2 saturated carbocycles. The normalized spacial score (nSPS) is 34.5. The van der Waals surface area contributed by atoms with Crippen molar-refractivity contribution >= 4 is 0 Å². The second kappa shape index (κ2) is 3.92. The highest BCUT2D eigenvalue weighted by Gasteiger charge is 2.43. The SMILES string of the molecule is CNC(c1ccc(C)o1)C1CC2CCC1C2. The Morgan fingerprint density at radius 1 is 1.31 bits per heavy atom. The molecule has 0 aliphatic heterocycles. The fraction of sp³-hybridized carbons (Fsp3) is 0.714. The van der Waals surface area contributed by atoms with Gasteiger partial charge >= 0.3 is 0 Å². The first-order valence-electron chi connectivity index (χ1n) is 6.51. The van der Waals surface area contributed by atoms with Crippen LogP contribution in [0.3, 0.4) is 0 Å². The van der Waals surface area contributed by atoms with Crippen molar-refractivity contribution in [3.8, 4) is 0 Å². The van der Waals surface area contributed by atoms with Crippen LogP contribution in [0.2, 0.25) is 0 Å². The van der Waals surface area contributed by atoms with E-state index in [9.17, 15) is 0 Å². The minimum atomic E-state index is 0.434. The van der Waals surface area contributed by atoms with Crippen LogP contribution < -0.4 is 5.32 Å². The molecule has 4 atom stereocenters. The Kier molecular flexibility index (Phi) is 2.55. The largest absolute Gasteiger partial charge is 0.465 e. The van der Waals surface area contributed by atoms with E-state index in [1.807, 2.05) is 6.92 Å². The van der Waals surface area contributed by atoms with E-state index in [-0.39, 0.29) is 0 Å². The highest BCUT2D eigenvalue weighted by atomic mass is 16.3. The molecule has 2 nitrogen and oxygen atoms in total. The van der Waals surface area contributed by atoms with Crippen LogP contribution in [0.5, 0.6) is 0 Å². The fourth-order valence-corrected chi connectivity index (χ4v) is 3.89. The molecule has 0 amide bonds. The summed E-state index contributed by atoms with van der Waals surface area (Å²) >= 11 is 0. The van der Waals surface area contributed by atoms with Crippen molar-refractivity contribution in [2.24, 2.45) is 17.8 Å². The first-order chi connectivity index (χ1) is 7.78. The molecule has 2 fully saturated rings. The van der Waals surface area contributed by atoms with E-state index in [2.05, 4.69) is 24.5 Å². The van der Waals surface area contributed by atoms with Gasteiger partial charge in [-0.05, 0) is 63.1 Å². The van der Waals surface area contributed by atoms with Crippen molar-refractivity contribution < 1.29 is 4.42 Å². The van der Waals surface area contributed by atoms with Crippen LogP contribution in [0.4, 0.5) is 0 Å².